The van der Waals surface area contributed by atoms with Crippen LogP contribution in [0.1, 0.15) is 26.0 Å². The van der Waals surface area contributed by atoms with Gasteiger partial charge in [-0.05, 0) is 17.9 Å². The zero-order chi connectivity index (χ0) is 13.6. The molecule has 0 atom stereocenters. The maximum atomic E-state index is 12.5. The van der Waals surface area contributed by atoms with Crippen molar-refractivity contribution in [2.45, 2.75) is 31.7 Å². The van der Waals surface area contributed by atoms with Crippen molar-refractivity contribution in [3.05, 3.63) is 18.0 Å². The van der Waals surface area contributed by atoms with Gasteiger partial charge in [-0.3, -0.25) is 0 Å². The first-order chi connectivity index (χ1) is 8.26. The van der Waals surface area contributed by atoms with Gasteiger partial charge in [0.25, 0.3) is 0 Å². The van der Waals surface area contributed by atoms with Gasteiger partial charge >= 0.3 is 0 Å². The van der Waals surface area contributed by atoms with Crippen molar-refractivity contribution in [1.82, 2.24) is 8.87 Å². The number of aryl methyl sites for hydroxylation is 1. The third kappa shape index (κ3) is 2.32. The van der Waals surface area contributed by atoms with Gasteiger partial charge < -0.3 is 10.3 Å². The van der Waals surface area contributed by atoms with Crippen molar-refractivity contribution >= 4 is 10.0 Å². The van der Waals surface area contributed by atoms with E-state index in [0.717, 1.165) is 12.1 Å². The Balaban J connectivity index is 2.31. The van der Waals surface area contributed by atoms with E-state index in [-0.39, 0.29) is 5.41 Å². The lowest BCUT2D eigenvalue weighted by Gasteiger charge is -2.19. The zero-order valence-corrected chi connectivity index (χ0v) is 12.0. The molecule has 1 saturated heterocycles. The van der Waals surface area contributed by atoms with Crippen molar-refractivity contribution in [3.8, 4) is 0 Å². The Morgan fingerprint density at radius 1 is 1.44 bits per heavy atom. The largest absolute Gasteiger partial charge is 0.352 e. The Hall–Kier alpha value is -0.850. The molecule has 2 N–H and O–H groups in total. The van der Waals surface area contributed by atoms with Crippen molar-refractivity contribution in [1.29, 1.82) is 0 Å². The first-order valence-electron chi connectivity index (χ1n) is 6.12. The number of nitrogens with zero attached hydrogens (tertiary/aromatic N) is 2. The Morgan fingerprint density at radius 2 is 2.11 bits per heavy atom. The number of hydrogen-bond acceptors (Lipinski definition) is 3. The van der Waals surface area contributed by atoms with E-state index >= 15 is 0 Å². The van der Waals surface area contributed by atoms with E-state index < -0.39 is 10.0 Å². The van der Waals surface area contributed by atoms with E-state index in [1.165, 1.54) is 0 Å². The van der Waals surface area contributed by atoms with Crippen molar-refractivity contribution in [2.75, 3.05) is 13.1 Å². The summed E-state index contributed by atoms with van der Waals surface area (Å²) in [5.74, 6) is 0. The Morgan fingerprint density at radius 3 is 2.56 bits per heavy atom. The average molecular weight is 271 g/mol. The molecule has 2 heterocycles. The molecule has 6 heteroatoms. The summed E-state index contributed by atoms with van der Waals surface area (Å²) in [5.41, 5.74) is 6.47. The highest BCUT2D eigenvalue weighted by molar-refractivity contribution is 7.89. The predicted octanol–water partition coefficient (Wildman–Crippen LogP) is 0.904. The van der Waals surface area contributed by atoms with Crippen LogP contribution in [0.5, 0.6) is 0 Å². The number of aromatic nitrogens is 1. The molecule has 0 bridgehead atoms. The SMILES string of the molecule is Cn1cc(S(=O)(=O)N2CCC(C)(C)C2)cc1CN. The van der Waals surface area contributed by atoms with Crippen LogP contribution in [0.2, 0.25) is 0 Å². The van der Waals surface area contributed by atoms with Gasteiger partial charge in [0.05, 0.1) is 0 Å². The van der Waals surface area contributed by atoms with E-state index in [1.807, 2.05) is 7.05 Å². The molecular formula is C12H21N3O2S. The fourth-order valence-corrected chi connectivity index (χ4v) is 4.06. The van der Waals surface area contributed by atoms with Gasteiger partial charge in [-0.2, -0.15) is 4.31 Å². The molecule has 5 nitrogen and oxygen atoms in total. The highest BCUT2D eigenvalue weighted by Gasteiger charge is 2.37. The lowest BCUT2D eigenvalue weighted by atomic mass is 9.93. The average Bonchev–Trinajstić information content (AvgIpc) is 2.82. The van der Waals surface area contributed by atoms with E-state index in [4.69, 9.17) is 5.73 Å². The van der Waals surface area contributed by atoms with Gasteiger partial charge in [-0.25, -0.2) is 8.42 Å². The molecule has 0 saturated carbocycles. The molecule has 0 spiro atoms. The number of hydrogen-bond donors (Lipinski definition) is 1. The van der Waals surface area contributed by atoms with Crippen LogP contribution in [0.25, 0.3) is 0 Å². The number of rotatable bonds is 3. The van der Waals surface area contributed by atoms with Gasteiger partial charge in [0.15, 0.2) is 0 Å². The molecule has 1 aliphatic rings. The summed E-state index contributed by atoms with van der Waals surface area (Å²) >= 11 is 0. The van der Waals surface area contributed by atoms with Crippen LogP contribution in [0, 0.1) is 5.41 Å². The van der Waals surface area contributed by atoms with Crippen LogP contribution in [0.15, 0.2) is 17.2 Å². The van der Waals surface area contributed by atoms with E-state index in [1.54, 1.807) is 21.1 Å². The fraction of sp³-hybridized carbons (Fsp3) is 0.667. The molecular weight excluding hydrogens is 250 g/mol. The molecule has 18 heavy (non-hydrogen) atoms. The normalized spacial score (nSPS) is 20.4. The highest BCUT2D eigenvalue weighted by atomic mass is 32.2. The first-order valence-corrected chi connectivity index (χ1v) is 7.56. The Labute approximate surface area is 109 Å². The van der Waals surface area contributed by atoms with Gasteiger partial charge in [-0.1, -0.05) is 13.8 Å². The summed E-state index contributed by atoms with van der Waals surface area (Å²) < 4.78 is 28.3. The smallest absolute Gasteiger partial charge is 0.244 e. The third-order valence-corrected chi connectivity index (χ3v) is 5.38. The van der Waals surface area contributed by atoms with Gasteiger partial charge in [0.2, 0.25) is 10.0 Å². The highest BCUT2D eigenvalue weighted by Crippen LogP contribution is 2.32. The monoisotopic (exact) mass is 271 g/mol. The summed E-state index contributed by atoms with van der Waals surface area (Å²) in [6, 6.07) is 1.67. The minimum absolute atomic E-state index is 0.0680. The minimum atomic E-state index is -3.36. The maximum Gasteiger partial charge on any atom is 0.244 e. The van der Waals surface area contributed by atoms with E-state index in [0.29, 0.717) is 24.5 Å². The van der Waals surface area contributed by atoms with Crippen molar-refractivity contribution < 1.29 is 8.42 Å². The molecule has 102 valence electrons. The molecule has 1 aromatic heterocycles. The molecule has 0 amide bonds. The topological polar surface area (TPSA) is 68.3 Å². The van der Waals surface area contributed by atoms with Crippen LogP contribution < -0.4 is 5.73 Å². The Bertz CT molecular complexity index is 546. The van der Waals surface area contributed by atoms with Crippen LogP contribution in [-0.2, 0) is 23.6 Å². The van der Waals surface area contributed by atoms with Gasteiger partial charge in [0.1, 0.15) is 4.90 Å². The summed E-state index contributed by atoms with van der Waals surface area (Å²) in [6.07, 6.45) is 2.55. The second-order valence-electron chi connectivity index (χ2n) is 5.73. The third-order valence-electron chi connectivity index (χ3n) is 3.57. The number of nitrogens with two attached hydrogens (primary N) is 1. The van der Waals surface area contributed by atoms with Crippen LogP contribution >= 0.6 is 0 Å². The van der Waals surface area contributed by atoms with Crippen molar-refractivity contribution in [3.63, 3.8) is 0 Å². The standard InChI is InChI=1S/C12H21N3O2S/c1-12(2)4-5-15(9-12)18(16,17)11-6-10(7-13)14(3)8-11/h6,8H,4-5,7,9,13H2,1-3H3. The van der Waals surface area contributed by atoms with Crippen LogP contribution in [0.4, 0.5) is 0 Å². The van der Waals surface area contributed by atoms with E-state index in [2.05, 4.69) is 13.8 Å². The summed E-state index contributed by atoms with van der Waals surface area (Å²) in [6.45, 7) is 5.72. The molecule has 0 aromatic carbocycles. The molecule has 2 rings (SSSR count). The molecule has 0 aliphatic carbocycles. The maximum absolute atomic E-state index is 12.5. The lowest BCUT2D eigenvalue weighted by Crippen LogP contribution is -2.30. The summed E-state index contributed by atoms with van der Waals surface area (Å²) in [5, 5.41) is 0. The Kier molecular flexibility index (Phi) is 3.29. The van der Waals surface area contributed by atoms with Crippen molar-refractivity contribution in [2.24, 2.45) is 18.2 Å². The predicted molar refractivity (Wildman–Crippen MR) is 70.5 cm³/mol. The molecule has 1 aromatic rings. The van der Waals surface area contributed by atoms with Gasteiger partial charge in [-0.15, -0.1) is 0 Å². The molecule has 0 radical (unpaired) electrons. The van der Waals surface area contributed by atoms with E-state index in [9.17, 15) is 8.42 Å². The van der Waals surface area contributed by atoms with Crippen LogP contribution in [0.3, 0.4) is 0 Å². The van der Waals surface area contributed by atoms with Gasteiger partial charge in [0, 0.05) is 38.6 Å². The summed E-state index contributed by atoms with van der Waals surface area (Å²) in [4.78, 5) is 0.350. The molecule has 0 unspecified atom stereocenters. The fourth-order valence-electron chi connectivity index (χ4n) is 2.34. The lowest BCUT2D eigenvalue weighted by molar-refractivity contribution is 0.375. The minimum Gasteiger partial charge on any atom is -0.352 e. The quantitative estimate of drug-likeness (QED) is 0.888. The molecule has 1 aliphatic heterocycles. The second kappa shape index (κ2) is 4.36. The zero-order valence-electron chi connectivity index (χ0n) is 11.2. The van der Waals surface area contributed by atoms with Crippen LogP contribution in [-0.4, -0.2) is 30.4 Å². The number of sulfonamides is 1. The first kappa shape index (κ1) is 13.6. The summed E-state index contributed by atoms with van der Waals surface area (Å²) in [7, 11) is -1.55. The molecule has 1 fully saturated rings. The second-order valence-corrected chi connectivity index (χ2v) is 7.67.